The second-order valence-electron chi connectivity index (χ2n) is 4.51. The lowest BCUT2D eigenvalue weighted by Gasteiger charge is -1.98. The predicted molar refractivity (Wildman–Crippen MR) is 88.6 cm³/mol. The first-order valence-corrected chi connectivity index (χ1v) is 7.69. The number of rotatable bonds is 5. The summed E-state index contributed by atoms with van der Waals surface area (Å²) in [6, 6.07) is 16.8. The quantitative estimate of drug-likeness (QED) is 0.575. The van der Waals surface area contributed by atoms with Crippen molar-refractivity contribution >= 4 is 23.9 Å². The molecule has 0 radical (unpaired) electrons. The molecule has 0 saturated heterocycles. The SMILES string of the molecule is O=C(N/N=C\c1ccc(Sc2ccccc2)o1)c1ccncc1. The molecule has 5 nitrogen and oxygen atoms in total. The highest BCUT2D eigenvalue weighted by Crippen LogP contribution is 2.28. The molecule has 3 rings (SSSR count). The summed E-state index contributed by atoms with van der Waals surface area (Å²) in [5.74, 6) is 0.271. The summed E-state index contributed by atoms with van der Waals surface area (Å²) < 4.78 is 5.63. The number of aromatic nitrogens is 1. The summed E-state index contributed by atoms with van der Waals surface area (Å²) >= 11 is 1.52. The van der Waals surface area contributed by atoms with E-state index in [0.717, 1.165) is 9.99 Å². The Morgan fingerprint density at radius 2 is 1.87 bits per heavy atom. The van der Waals surface area contributed by atoms with Crippen molar-refractivity contribution in [1.29, 1.82) is 0 Å². The van der Waals surface area contributed by atoms with Crippen LogP contribution in [-0.2, 0) is 0 Å². The summed E-state index contributed by atoms with van der Waals surface area (Å²) in [5, 5.41) is 4.65. The molecular weight excluding hydrogens is 310 g/mol. The molecule has 3 aromatic rings. The van der Waals surface area contributed by atoms with Crippen LogP contribution in [0.15, 0.2) is 86.5 Å². The number of pyridine rings is 1. The molecule has 0 aliphatic carbocycles. The Morgan fingerprint density at radius 1 is 1.09 bits per heavy atom. The fourth-order valence-electron chi connectivity index (χ4n) is 1.79. The van der Waals surface area contributed by atoms with Gasteiger partial charge in [-0.25, -0.2) is 5.43 Å². The normalized spacial score (nSPS) is 10.8. The van der Waals surface area contributed by atoms with Gasteiger partial charge in [-0.3, -0.25) is 9.78 Å². The lowest BCUT2D eigenvalue weighted by molar-refractivity contribution is 0.0955. The van der Waals surface area contributed by atoms with Gasteiger partial charge in [0.25, 0.3) is 5.91 Å². The molecule has 0 spiro atoms. The minimum atomic E-state index is -0.297. The molecule has 0 aliphatic rings. The zero-order valence-corrected chi connectivity index (χ0v) is 12.9. The van der Waals surface area contributed by atoms with Gasteiger partial charge in [0.2, 0.25) is 0 Å². The van der Waals surface area contributed by atoms with E-state index in [1.54, 1.807) is 30.6 Å². The van der Waals surface area contributed by atoms with Gasteiger partial charge in [0, 0.05) is 22.9 Å². The van der Waals surface area contributed by atoms with Crippen LogP contribution in [0.3, 0.4) is 0 Å². The van der Waals surface area contributed by atoms with Crippen LogP contribution < -0.4 is 5.43 Å². The molecule has 6 heteroatoms. The lowest BCUT2D eigenvalue weighted by atomic mass is 10.3. The Balaban J connectivity index is 1.57. The molecule has 1 amide bonds. The van der Waals surface area contributed by atoms with Crippen molar-refractivity contribution in [3.63, 3.8) is 0 Å². The van der Waals surface area contributed by atoms with Crippen molar-refractivity contribution in [2.45, 2.75) is 9.99 Å². The largest absolute Gasteiger partial charge is 0.448 e. The van der Waals surface area contributed by atoms with E-state index in [4.69, 9.17) is 4.42 Å². The number of hydrazone groups is 1. The van der Waals surface area contributed by atoms with Crippen LogP contribution >= 0.6 is 11.8 Å². The maximum Gasteiger partial charge on any atom is 0.271 e. The molecule has 0 aliphatic heterocycles. The highest BCUT2D eigenvalue weighted by atomic mass is 32.2. The van der Waals surface area contributed by atoms with Crippen LogP contribution in [0.5, 0.6) is 0 Å². The Labute approximate surface area is 137 Å². The molecule has 114 valence electrons. The van der Waals surface area contributed by atoms with Crippen LogP contribution in [0.1, 0.15) is 16.1 Å². The third-order valence-electron chi connectivity index (χ3n) is 2.86. The molecule has 1 aromatic carbocycles. The van der Waals surface area contributed by atoms with Gasteiger partial charge in [0.15, 0.2) is 5.09 Å². The molecular formula is C17H13N3O2S. The number of nitrogens with one attached hydrogen (secondary N) is 1. The highest BCUT2D eigenvalue weighted by Gasteiger charge is 2.04. The Morgan fingerprint density at radius 3 is 2.65 bits per heavy atom. The highest BCUT2D eigenvalue weighted by molar-refractivity contribution is 7.99. The summed E-state index contributed by atoms with van der Waals surface area (Å²) in [7, 11) is 0. The van der Waals surface area contributed by atoms with Gasteiger partial charge in [0.05, 0.1) is 6.21 Å². The van der Waals surface area contributed by atoms with Crippen LogP contribution in [0.25, 0.3) is 0 Å². The number of hydrogen-bond acceptors (Lipinski definition) is 5. The van der Waals surface area contributed by atoms with Gasteiger partial charge in [-0.15, -0.1) is 0 Å². The van der Waals surface area contributed by atoms with Crippen LogP contribution in [-0.4, -0.2) is 17.1 Å². The van der Waals surface area contributed by atoms with E-state index in [9.17, 15) is 4.79 Å². The predicted octanol–water partition coefficient (Wildman–Crippen LogP) is 3.59. The number of carbonyl (C=O) groups is 1. The monoisotopic (exact) mass is 323 g/mol. The maximum absolute atomic E-state index is 11.8. The molecule has 23 heavy (non-hydrogen) atoms. The zero-order valence-electron chi connectivity index (χ0n) is 12.0. The number of carbonyl (C=O) groups excluding carboxylic acids is 1. The number of benzene rings is 1. The summed E-state index contributed by atoms with van der Waals surface area (Å²) in [6.07, 6.45) is 4.57. The molecule has 0 atom stereocenters. The topological polar surface area (TPSA) is 67.5 Å². The van der Waals surface area contributed by atoms with Gasteiger partial charge in [-0.05, 0) is 36.4 Å². The molecule has 2 heterocycles. The van der Waals surface area contributed by atoms with E-state index < -0.39 is 0 Å². The van der Waals surface area contributed by atoms with E-state index in [1.807, 2.05) is 36.4 Å². The number of amides is 1. The van der Waals surface area contributed by atoms with Crippen molar-refractivity contribution in [1.82, 2.24) is 10.4 Å². The lowest BCUT2D eigenvalue weighted by Crippen LogP contribution is -2.17. The number of furan rings is 1. The van der Waals surface area contributed by atoms with Crippen molar-refractivity contribution in [3.05, 3.63) is 78.3 Å². The van der Waals surface area contributed by atoms with Gasteiger partial charge in [0.1, 0.15) is 5.76 Å². The van der Waals surface area contributed by atoms with Crippen molar-refractivity contribution in [2.24, 2.45) is 5.10 Å². The van der Waals surface area contributed by atoms with Crippen molar-refractivity contribution in [3.8, 4) is 0 Å². The van der Waals surface area contributed by atoms with E-state index in [0.29, 0.717) is 11.3 Å². The number of hydrogen-bond donors (Lipinski definition) is 1. The summed E-state index contributed by atoms with van der Waals surface area (Å²) in [5.41, 5.74) is 2.94. The smallest absolute Gasteiger partial charge is 0.271 e. The molecule has 0 saturated carbocycles. The first-order chi connectivity index (χ1) is 11.3. The summed E-state index contributed by atoms with van der Waals surface area (Å²) in [6.45, 7) is 0. The minimum absolute atomic E-state index is 0.297. The Kier molecular flexibility index (Phi) is 4.85. The average molecular weight is 323 g/mol. The molecule has 1 N–H and O–H groups in total. The Bertz CT molecular complexity index is 801. The second kappa shape index (κ2) is 7.42. The zero-order chi connectivity index (χ0) is 15.9. The third kappa shape index (κ3) is 4.31. The fourth-order valence-corrected chi connectivity index (χ4v) is 2.59. The molecule has 0 bridgehead atoms. The standard InChI is InChI=1S/C17H13N3O2S/c21-17(13-8-10-18-11-9-13)20-19-12-14-6-7-16(22-14)23-15-4-2-1-3-5-15/h1-12H,(H,20,21)/b19-12-. The molecule has 2 aromatic heterocycles. The van der Waals surface area contributed by atoms with Crippen molar-refractivity contribution in [2.75, 3.05) is 0 Å². The van der Waals surface area contributed by atoms with Crippen LogP contribution in [0.4, 0.5) is 0 Å². The van der Waals surface area contributed by atoms with Gasteiger partial charge >= 0.3 is 0 Å². The number of nitrogens with zero attached hydrogens (tertiary/aromatic N) is 2. The average Bonchev–Trinajstić information content (AvgIpc) is 3.04. The van der Waals surface area contributed by atoms with E-state index in [-0.39, 0.29) is 5.91 Å². The van der Waals surface area contributed by atoms with Gasteiger partial charge in [-0.1, -0.05) is 30.0 Å². The third-order valence-corrected chi connectivity index (χ3v) is 3.79. The minimum Gasteiger partial charge on any atom is -0.448 e. The fraction of sp³-hybridized carbons (Fsp3) is 0. The van der Waals surface area contributed by atoms with E-state index in [2.05, 4.69) is 15.5 Å². The Hall–Kier alpha value is -2.86. The molecule has 0 fully saturated rings. The van der Waals surface area contributed by atoms with Crippen LogP contribution in [0, 0.1) is 0 Å². The van der Waals surface area contributed by atoms with Crippen LogP contribution in [0.2, 0.25) is 0 Å². The first-order valence-electron chi connectivity index (χ1n) is 6.87. The van der Waals surface area contributed by atoms with E-state index >= 15 is 0 Å². The van der Waals surface area contributed by atoms with Gasteiger partial charge < -0.3 is 4.42 Å². The summed E-state index contributed by atoms with van der Waals surface area (Å²) in [4.78, 5) is 16.7. The van der Waals surface area contributed by atoms with E-state index in [1.165, 1.54) is 18.0 Å². The second-order valence-corrected chi connectivity index (χ2v) is 5.58. The molecule has 0 unspecified atom stereocenters. The van der Waals surface area contributed by atoms with Gasteiger partial charge in [-0.2, -0.15) is 5.10 Å². The maximum atomic E-state index is 11.8. The first kappa shape index (κ1) is 15.1. The van der Waals surface area contributed by atoms with Crippen molar-refractivity contribution < 1.29 is 9.21 Å².